The van der Waals surface area contributed by atoms with Gasteiger partial charge in [0.15, 0.2) is 11.5 Å². The molecule has 0 spiro atoms. The summed E-state index contributed by atoms with van der Waals surface area (Å²) in [4.78, 5) is 8.99. The van der Waals surface area contributed by atoms with E-state index < -0.39 is 0 Å². The zero-order valence-electron chi connectivity index (χ0n) is 19.8. The average molecular weight is 497 g/mol. The van der Waals surface area contributed by atoms with Crippen molar-refractivity contribution in [3.8, 4) is 33.9 Å². The van der Waals surface area contributed by atoms with E-state index in [1.807, 2.05) is 84.8 Å². The van der Waals surface area contributed by atoms with Crippen LogP contribution in [-0.4, -0.2) is 44.1 Å². The molecule has 0 amide bonds. The lowest BCUT2D eigenvalue weighted by Crippen LogP contribution is -2.03. The number of nitrogens with zero attached hydrogens (tertiary/aromatic N) is 9. The van der Waals surface area contributed by atoms with Crippen molar-refractivity contribution in [2.75, 3.05) is 5.32 Å². The van der Waals surface area contributed by atoms with E-state index in [9.17, 15) is 0 Å². The normalized spacial score (nSPS) is 11.3. The summed E-state index contributed by atoms with van der Waals surface area (Å²) in [5.74, 6) is 2.00. The number of aryl methyl sites for hydroxylation is 3. The zero-order valence-corrected chi connectivity index (χ0v) is 20.5. The number of rotatable bonds is 5. The fourth-order valence-electron chi connectivity index (χ4n) is 4.28. The molecule has 0 aliphatic rings. The molecule has 10 nitrogen and oxygen atoms in total. The van der Waals surface area contributed by atoms with E-state index in [0.29, 0.717) is 22.4 Å². The first-order chi connectivity index (χ1) is 17.5. The van der Waals surface area contributed by atoms with Crippen molar-refractivity contribution in [2.24, 2.45) is 14.1 Å². The van der Waals surface area contributed by atoms with Gasteiger partial charge in [-0.1, -0.05) is 23.7 Å². The van der Waals surface area contributed by atoms with Gasteiger partial charge < -0.3 is 5.32 Å². The van der Waals surface area contributed by atoms with Crippen LogP contribution in [0.15, 0.2) is 67.1 Å². The number of benzene rings is 1. The van der Waals surface area contributed by atoms with Gasteiger partial charge in [0.25, 0.3) is 0 Å². The Bertz CT molecular complexity index is 1710. The van der Waals surface area contributed by atoms with Crippen molar-refractivity contribution in [3.05, 3.63) is 77.8 Å². The molecule has 0 saturated heterocycles. The van der Waals surface area contributed by atoms with E-state index in [-0.39, 0.29) is 0 Å². The van der Waals surface area contributed by atoms with Crippen LogP contribution in [0.5, 0.6) is 0 Å². The number of anilines is 2. The van der Waals surface area contributed by atoms with Crippen molar-refractivity contribution in [2.45, 2.75) is 6.92 Å². The van der Waals surface area contributed by atoms with Crippen LogP contribution in [0.4, 0.5) is 11.8 Å². The van der Waals surface area contributed by atoms with Crippen LogP contribution in [0.25, 0.3) is 39.5 Å². The minimum Gasteiger partial charge on any atom is -0.309 e. The topological polar surface area (TPSA) is 104 Å². The van der Waals surface area contributed by atoms with Crippen LogP contribution in [0, 0.1) is 6.92 Å². The van der Waals surface area contributed by atoms with Crippen LogP contribution < -0.4 is 5.32 Å². The standard InChI is InChI=1S/C25H21ClN10/c1-15-22(23(35(3)33-15)16-4-6-18(26)7-5-16)24-32-31-21-14-17(10-13-36(21)24)19-8-11-27-25(29-19)30-20-9-12-28-34(20)2/h4-14H,1-3H3,(H,27,29,30). The molecular weight excluding hydrogens is 476 g/mol. The Hall–Kier alpha value is -4.57. The Balaban J connectivity index is 1.39. The summed E-state index contributed by atoms with van der Waals surface area (Å²) in [7, 11) is 3.78. The summed E-state index contributed by atoms with van der Waals surface area (Å²) in [6.07, 6.45) is 5.39. The molecule has 0 bridgehead atoms. The molecular formula is C25H21ClN10. The average Bonchev–Trinajstić information content (AvgIpc) is 3.56. The zero-order chi connectivity index (χ0) is 24.8. The number of nitrogens with one attached hydrogen (secondary N) is 1. The molecule has 1 aromatic carbocycles. The van der Waals surface area contributed by atoms with Crippen molar-refractivity contribution < 1.29 is 0 Å². The largest absolute Gasteiger partial charge is 0.309 e. The van der Waals surface area contributed by atoms with Gasteiger partial charge in [-0.05, 0) is 37.3 Å². The fraction of sp³-hybridized carbons (Fsp3) is 0.120. The molecule has 1 N–H and O–H groups in total. The summed E-state index contributed by atoms with van der Waals surface area (Å²) in [6.45, 7) is 1.97. The third kappa shape index (κ3) is 3.77. The summed E-state index contributed by atoms with van der Waals surface area (Å²) in [5, 5.41) is 21.7. The third-order valence-corrected chi connectivity index (χ3v) is 6.24. The summed E-state index contributed by atoms with van der Waals surface area (Å²) < 4.78 is 5.54. The molecule has 0 aliphatic carbocycles. The molecule has 0 radical (unpaired) electrons. The van der Waals surface area contributed by atoms with Crippen molar-refractivity contribution in [1.29, 1.82) is 0 Å². The lowest BCUT2D eigenvalue weighted by Gasteiger charge is -2.08. The van der Waals surface area contributed by atoms with E-state index in [2.05, 4.69) is 35.7 Å². The first-order valence-electron chi connectivity index (χ1n) is 11.2. The van der Waals surface area contributed by atoms with Crippen molar-refractivity contribution >= 4 is 29.0 Å². The van der Waals surface area contributed by atoms with Gasteiger partial charge in [-0.25, -0.2) is 9.97 Å². The van der Waals surface area contributed by atoms with Crippen LogP contribution in [0.2, 0.25) is 5.02 Å². The molecule has 0 atom stereocenters. The highest BCUT2D eigenvalue weighted by molar-refractivity contribution is 6.30. The monoisotopic (exact) mass is 496 g/mol. The van der Waals surface area contributed by atoms with Crippen LogP contribution in [0.3, 0.4) is 0 Å². The van der Waals surface area contributed by atoms with Gasteiger partial charge >= 0.3 is 0 Å². The Morgan fingerprint density at radius 2 is 1.72 bits per heavy atom. The SMILES string of the molecule is Cc1nn(C)c(-c2ccc(Cl)cc2)c1-c1nnc2cc(-c3ccnc(Nc4ccnn4C)n3)ccn12. The van der Waals surface area contributed by atoms with Crippen LogP contribution in [-0.2, 0) is 14.1 Å². The fourth-order valence-corrected chi connectivity index (χ4v) is 4.40. The Kier molecular flexibility index (Phi) is 5.23. The molecule has 0 fully saturated rings. The molecule has 11 heteroatoms. The maximum Gasteiger partial charge on any atom is 0.228 e. The van der Waals surface area contributed by atoms with Crippen LogP contribution in [0.1, 0.15) is 5.69 Å². The van der Waals surface area contributed by atoms with Crippen LogP contribution >= 0.6 is 11.6 Å². The minimum absolute atomic E-state index is 0.483. The molecule has 5 aromatic heterocycles. The second-order valence-electron chi connectivity index (χ2n) is 8.34. The predicted molar refractivity (Wildman–Crippen MR) is 138 cm³/mol. The number of pyridine rings is 1. The number of halogens is 1. The van der Waals surface area contributed by atoms with Gasteiger partial charge in [0.2, 0.25) is 5.95 Å². The van der Waals surface area contributed by atoms with Gasteiger partial charge in [0.05, 0.1) is 28.8 Å². The van der Waals surface area contributed by atoms with Crippen molar-refractivity contribution in [3.63, 3.8) is 0 Å². The highest BCUT2D eigenvalue weighted by Crippen LogP contribution is 2.34. The third-order valence-electron chi connectivity index (χ3n) is 5.99. The number of fused-ring (bicyclic) bond motifs is 1. The molecule has 0 saturated carbocycles. The van der Waals surface area contributed by atoms with Gasteiger partial charge in [0, 0.05) is 48.7 Å². The van der Waals surface area contributed by atoms with Crippen molar-refractivity contribution in [1.82, 2.24) is 44.1 Å². The minimum atomic E-state index is 0.483. The lowest BCUT2D eigenvalue weighted by atomic mass is 10.1. The summed E-state index contributed by atoms with van der Waals surface area (Å²) >= 11 is 6.11. The summed E-state index contributed by atoms with van der Waals surface area (Å²) in [6, 6.07) is 15.4. The Labute approximate surface area is 211 Å². The maximum atomic E-state index is 6.11. The maximum absolute atomic E-state index is 6.11. The molecule has 5 heterocycles. The van der Waals surface area contributed by atoms with E-state index in [1.165, 1.54) is 0 Å². The highest BCUT2D eigenvalue weighted by Gasteiger charge is 2.21. The highest BCUT2D eigenvalue weighted by atomic mass is 35.5. The van der Waals surface area contributed by atoms with Gasteiger partial charge in [-0.2, -0.15) is 10.2 Å². The van der Waals surface area contributed by atoms with E-state index in [0.717, 1.165) is 39.6 Å². The molecule has 0 unspecified atom stereocenters. The van der Waals surface area contributed by atoms with Gasteiger partial charge in [-0.15, -0.1) is 10.2 Å². The number of hydrogen-bond acceptors (Lipinski definition) is 7. The number of hydrogen-bond donors (Lipinski definition) is 1. The molecule has 6 aromatic rings. The Morgan fingerprint density at radius 1 is 0.889 bits per heavy atom. The van der Waals surface area contributed by atoms with Gasteiger partial charge in [-0.3, -0.25) is 13.8 Å². The second kappa shape index (κ2) is 8.58. The van der Waals surface area contributed by atoms with E-state index in [1.54, 1.807) is 17.1 Å². The number of aromatic nitrogens is 9. The van der Waals surface area contributed by atoms with E-state index in [4.69, 9.17) is 11.6 Å². The predicted octanol–water partition coefficient (Wildman–Crippen LogP) is 4.69. The first-order valence-corrected chi connectivity index (χ1v) is 11.6. The second-order valence-corrected chi connectivity index (χ2v) is 8.77. The molecule has 6 rings (SSSR count). The lowest BCUT2D eigenvalue weighted by molar-refractivity contribution is 0.764. The quantitative estimate of drug-likeness (QED) is 0.369. The van der Waals surface area contributed by atoms with E-state index >= 15 is 0 Å². The molecule has 178 valence electrons. The molecule has 0 aliphatic heterocycles. The van der Waals surface area contributed by atoms with Gasteiger partial charge in [0.1, 0.15) is 5.82 Å². The Morgan fingerprint density at radius 3 is 2.50 bits per heavy atom. The summed E-state index contributed by atoms with van der Waals surface area (Å²) in [5.41, 5.74) is 6.10. The first kappa shape index (κ1) is 21.9. The molecule has 36 heavy (non-hydrogen) atoms. The smallest absolute Gasteiger partial charge is 0.228 e.